The van der Waals surface area contributed by atoms with Crippen LogP contribution in [0, 0.1) is 11.3 Å². The Morgan fingerprint density at radius 2 is 1.69 bits per heavy atom. The van der Waals surface area contributed by atoms with E-state index >= 15 is 0 Å². The van der Waals surface area contributed by atoms with Gasteiger partial charge in [-0.2, -0.15) is 0 Å². The molecule has 1 atom stereocenters. The molecule has 0 aromatic heterocycles. The van der Waals surface area contributed by atoms with E-state index in [1.807, 2.05) is 24.3 Å². The first-order valence-electron chi connectivity index (χ1n) is 12.2. The maximum atomic E-state index is 13.2. The van der Waals surface area contributed by atoms with Crippen LogP contribution in [0.2, 0.25) is 0 Å². The third-order valence-corrected chi connectivity index (χ3v) is 7.49. The number of nitrogens with zero attached hydrogens (tertiary/aromatic N) is 1. The van der Waals surface area contributed by atoms with Gasteiger partial charge >= 0.3 is 12.1 Å². The smallest absolute Gasteiger partial charge is 0.407 e. The third-order valence-electron chi connectivity index (χ3n) is 7.49. The van der Waals surface area contributed by atoms with Crippen molar-refractivity contribution in [3.05, 3.63) is 72.3 Å². The van der Waals surface area contributed by atoms with Gasteiger partial charge in [0.15, 0.2) is 0 Å². The van der Waals surface area contributed by atoms with Gasteiger partial charge in [-0.25, -0.2) is 4.79 Å². The van der Waals surface area contributed by atoms with Crippen LogP contribution in [0.4, 0.5) is 4.79 Å². The lowest BCUT2D eigenvalue weighted by molar-refractivity contribution is -0.166. The molecule has 1 unspecified atom stereocenters. The number of aliphatic carboxylic acids is 1. The summed E-state index contributed by atoms with van der Waals surface area (Å²) in [4.78, 5) is 39.2. The zero-order valence-electron chi connectivity index (χ0n) is 19.6. The number of allylic oxidation sites excluding steroid dienone is 1. The lowest BCUT2D eigenvalue weighted by Crippen LogP contribution is -2.65. The van der Waals surface area contributed by atoms with Gasteiger partial charge in [-0.1, -0.05) is 67.4 Å². The number of carbonyl (C=O) groups is 3. The second-order valence-electron chi connectivity index (χ2n) is 9.97. The number of carboxylic acid groups (broad SMARTS) is 1. The zero-order chi connectivity index (χ0) is 24.6. The largest absolute Gasteiger partial charge is 0.481 e. The van der Waals surface area contributed by atoms with Crippen LogP contribution in [0.5, 0.6) is 0 Å². The van der Waals surface area contributed by atoms with E-state index in [9.17, 15) is 19.5 Å². The van der Waals surface area contributed by atoms with Gasteiger partial charge < -0.3 is 20.1 Å². The number of hydrogen-bond donors (Lipinski definition) is 2. The second-order valence-corrected chi connectivity index (χ2v) is 9.97. The summed E-state index contributed by atoms with van der Waals surface area (Å²) in [5.41, 5.74) is 3.57. The summed E-state index contributed by atoms with van der Waals surface area (Å²) in [7, 11) is 0. The van der Waals surface area contributed by atoms with Crippen LogP contribution in [0.3, 0.4) is 0 Å². The van der Waals surface area contributed by atoms with Gasteiger partial charge in [-0.3, -0.25) is 9.59 Å². The van der Waals surface area contributed by atoms with E-state index in [4.69, 9.17) is 4.74 Å². The molecule has 2 aliphatic carbocycles. The molecule has 7 heteroatoms. The van der Waals surface area contributed by atoms with Crippen molar-refractivity contribution in [1.82, 2.24) is 10.2 Å². The number of hydrogen-bond acceptors (Lipinski definition) is 4. The highest BCUT2D eigenvalue weighted by Gasteiger charge is 2.51. The average Bonchev–Trinajstić information content (AvgIpc) is 3.59. The fourth-order valence-corrected chi connectivity index (χ4v) is 5.38. The number of rotatable bonds is 9. The fraction of sp³-hybridized carbons (Fsp3) is 0.393. The normalized spacial score (nSPS) is 18.6. The maximum absolute atomic E-state index is 13.2. The number of ether oxygens (including phenoxy) is 1. The summed E-state index contributed by atoms with van der Waals surface area (Å²) in [6, 6.07) is 15.5. The molecule has 2 N–H and O–H groups in total. The van der Waals surface area contributed by atoms with Crippen molar-refractivity contribution in [3.63, 3.8) is 0 Å². The van der Waals surface area contributed by atoms with Crippen molar-refractivity contribution in [2.24, 2.45) is 11.3 Å². The SMILES string of the molecule is C=CCC1(C(=O)O)CN(C(=O)C(CC2CC2)NC(=O)OCC2c3ccccc3-c3ccccc32)C1. The van der Waals surface area contributed by atoms with Crippen LogP contribution < -0.4 is 5.32 Å². The first kappa shape index (κ1) is 23.1. The Balaban J connectivity index is 1.23. The number of carboxylic acids is 1. The standard InChI is InChI=1S/C28H30N2O5/c1-2-13-28(26(32)33)16-30(17-28)25(31)24(14-18-11-12-18)29-27(34)35-15-23-21-9-5-3-7-19(21)20-8-4-6-10-22(20)23/h2-10,18,23-24H,1,11-17H2,(H,29,34)(H,32,33). The first-order valence-corrected chi connectivity index (χ1v) is 12.2. The molecule has 1 saturated heterocycles. The number of carbonyl (C=O) groups excluding carboxylic acids is 2. The van der Waals surface area contributed by atoms with E-state index in [2.05, 4.69) is 36.2 Å². The van der Waals surface area contributed by atoms with E-state index < -0.39 is 23.5 Å². The fourth-order valence-electron chi connectivity index (χ4n) is 5.38. The molecule has 2 aromatic rings. The van der Waals surface area contributed by atoms with Gasteiger partial charge in [0.05, 0.1) is 0 Å². The number of amides is 2. The minimum absolute atomic E-state index is 0.0591. The molecule has 3 aliphatic rings. The van der Waals surface area contributed by atoms with E-state index in [1.54, 1.807) is 6.08 Å². The highest BCUT2D eigenvalue weighted by molar-refractivity contribution is 5.89. The van der Waals surface area contributed by atoms with Crippen molar-refractivity contribution in [2.45, 2.75) is 37.6 Å². The Morgan fingerprint density at radius 1 is 1.09 bits per heavy atom. The van der Waals surface area contributed by atoms with Crippen molar-refractivity contribution in [2.75, 3.05) is 19.7 Å². The number of nitrogens with one attached hydrogen (secondary N) is 1. The lowest BCUT2D eigenvalue weighted by atomic mass is 9.76. The van der Waals surface area contributed by atoms with E-state index in [1.165, 1.54) is 4.90 Å². The number of likely N-dealkylation sites (tertiary alicyclic amines) is 1. The molecule has 2 fully saturated rings. The molecular formula is C28H30N2O5. The van der Waals surface area contributed by atoms with Crippen LogP contribution in [-0.2, 0) is 14.3 Å². The molecule has 0 spiro atoms. The van der Waals surface area contributed by atoms with Gasteiger partial charge in [0.2, 0.25) is 5.91 Å². The van der Waals surface area contributed by atoms with Gasteiger partial charge in [-0.15, -0.1) is 6.58 Å². The van der Waals surface area contributed by atoms with Crippen LogP contribution in [-0.4, -0.2) is 53.7 Å². The Hall–Kier alpha value is -3.61. The van der Waals surface area contributed by atoms with Crippen LogP contribution in [0.1, 0.15) is 42.7 Å². The van der Waals surface area contributed by atoms with Crippen molar-refractivity contribution in [1.29, 1.82) is 0 Å². The summed E-state index contributed by atoms with van der Waals surface area (Å²) in [5.74, 6) is -0.830. The van der Waals surface area contributed by atoms with Gasteiger partial charge in [0.25, 0.3) is 0 Å². The Morgan fingerprint density at radius 3 is 2.23 bits per heavy atom. The summed E-state index contributed by atoms with van der Waals surface area (Å²) in [5, 5.41) is 12.4. The number of benzene rings is 2. The van der Waals surface area contributed by atoms with E-state index in [0.717, 1.165) is 35.1 Å². The van der Waals surface area contributed by atoms with Gasteiger partial charge in [-0.05, 0) is 41.0 Å². The molecule has 7 nitrogen and oxygen atoms in total. The van der Waals surface area contributed by atoms with Gasteiger partial charge in [0, 0.05) is 19.0 Å². The molecule has 0 bridgehead atoms. The van der Waals surface area contributed by atoms with Crippen molar-refractivity contribution >= 4 is 18.0 Å². The minimum Gasteiger partial charge on any atom is -0.481 e. The maximum Gasteiger partial charge on any atom is 0.407 e. The average molecular weight is 475 g/mol. The predicted octanol–water partition coefficient (Wildman–Crippen LogP) is 4.18. The number of fused-ring (bicyclic) bond motifs is 3. The molecule has 2 amide bonds. The van der Waals surface area contributed by atoms with E-state index in [-0.39, 0.29) is 31.5 Å². The van der Waals surface area contributed by atoms with E-state index in [0.29, 0.717) is 18.8 Å². The predicted molar refractivity (Wildman–Crippen MR) is 131 cm³/mol. The molecule has 1 aliphatic heterocycles. The highest BCUT2D eigenvalue weighted by Crippen LogP contribution is 2.44. The van der Waals surface area contributed by atoms with Crippen LogP contribution >= 0.6 is 0 Å². The molecule has 35 heavy (non-hydrogen) atoms. The molecule has 1 saturated carbocycles. The first-order chi connectivity index (χ1) is 16.9. The molecule has 1 heterocycles. The topological polar surface area (TPSA) is 95.9 Å². The summed E-state index contributed by atoms with van der Waals surface area (Å²) >= 11 is 0. The highest BCUT2D eigenvalue weighted by atomic mass is 16.5. The van der Waals surface area contributed by atoms with Crippen molar-refractivity contribution in [3.8, 4) is 11.1 Å². The Labute approximate surface area is 204 Å². The Bertz CT molecular complexity index is 1120. The molecule has 5 rings (SSSR count). The third kappa shape index (κ3) is 4.43. The van der Waals surface area contributed by atoms with Crippen LogP contribution in [0.15, 0.2) is 61.2 Å². The molecule has 0 radical (unpaired) electrons. The summed E-state index contributed by atoms with van der Waals surface area (Å²) in [6.45, 7) is 4.07. The summed E-state index contributed by atoms with van der Waals surface area (Å²) in [6.07, 6.45) is 3.87. The molecule has 182 valence electrons. The quantitative estimate of drug-likeness (QED) is 0.532. The van der Waals surface area contributed by atoms with Crippen LogP contribution in [0.25, 0.3) is 11.1 Å². The zero-order valence-corrected chi connectivity index (χ0v) is 19.6. The van der Waals surface area contributed by atoms with Gasteiger partial charge in [0.1, 0.15) is 18.1 Å². The lowest BCUT2D eigenvalue weighted by Gasteiger charge is -2.47. The second kappa shape index (κ2) is 9.21. The molecular weight excluding hydrogens is 444 g/mol. The minimum atomic E-state index is -0.981. The Kier molecular flexibility index (Phi) is 6.09. The number of alkyl carbamates (subject to hydrolysis) is 1. The van der Waals surface area contributed by atoms with Crippen molar-refractivity contribution < 1.29 is 24.2 Å². The summed E-state index contributed by atoms with van der Waals surface area (Å²) < 4.78 is 5.64. The molecule has 2 aromatic carbocycles. The monoisotopic (exact) mass is 474 g/mol.